The zero-order chi connectivity index (χ0) is 9.23. The molecule has 0 heterocycles. The molecule has 0 aromatic carbocycles. The van der Waals surface area contributed by atoms with Crippen LogP contribution in [-0.4, -0.2) is 16.8 Å². The second-order valence-electron chi connectivity index (χ2n) is 2.15. The molecule has 0 saturated carbocycles. The maximum atomic E-state index is 8.45. The maximum Gasteiger partial charge on any atom is 0.0760 e. The Labute approximate surface area is 72.9 Å². The Morgan fingerprint density at radius 2 is 2.00 bits per heavy atom. The third kappa shape index (κ3) is 5.50. The monoisotopic (exact) mass is 166 g/mol. The van der Waals surface area contributed by atoms with Crippen molar-refractivity contribution in [2.24, 2.45) is 5.92 Å². The van der Waals surface area contributed by atoms with Crippen LogP contribution in [0.1, 0.15) is 0 Å². The van der Waals surface area contributed by atoms with E-state index in [0.717, 1.165) is 6.26 Å². The molecule has 0 saturated heterocycles. The predicted molar refractivity (Wildman–Crippen MR) is 50.8 cm³/mol. The van der Waals surface area contributed by atoms with Crippen molar-refractivity contribution in [3.63, 3.8) is 0 Å². The lowest BCUT2D eigenvalue weighted by molar-refractivity contribution is 0.343. The van der Waals surface area contributed by atoms with Gasteiger partial charge >= 0.3 is 0 Å². The molecule has 66 valence electrons. The van der Waals surface area contributed by atoms with Crippen molar-refractivity contribution in [1.82, 2.24) is 0 Å². The number of rotatable bonds is 5. The van der Waals surface area contributed by atoms with Crippen LogP contribution in [0.4, 0.5) is 0 Å². The second-order valence-corrected chi connectivity index (χ2v) is 2.15. The van der Waals surface area contributed by atoms with Gasteiger partial charge in [-0.05, 0) is 6.08 Å². The van der Waals surface area contributed by atoms with Crippen LogP contribution in [0.15, 0.2) is 49.3 Å². The van der Waals surface area contributed by atoms with Gasteiger partial charge in [0.2, 0.25) is 0 Å². The van der Waals surface area contributed by atoms with Crippen molar-refractivity contribution in [2.75, 3.05) is 6.61 Å². The van der Waals surface area contributed by atoms with Gasteiger partial charge in [-0.3, -0.25) is 0 Å². The molecule has 2 nitrogen and oxygen atoms in total. The average Bonchev–Trinajstić information content (AvgIpc) is 2.10. The first-order valence-electron chi connectivity index (χ1n) is 3.72. The molecule has 0 aliphatic carbocycles. The van der Waals surface area contributed by atoms with Gasteiger partial charge < -0.3 is 10.2 Å². The molecule has 0 aromatic rings. The van der Waals surface area contributed by atoms with E-state index in [4.69, 9.17) is 10.2 Å². The number of allylic oxidation sites excluding steroid dienone is 5. The fraction of sp³-hybridized carbons (Fsp3) is 0.200. The Kier molecular flexibility index (Phi) is 6.99. The van der Waals surface area contributed by atoms with Gasteiger partial charge in [-0.1, -0.05) is 30.4 Å². The zero-order valence-corrected chi connectivity index (χ0v) is 6.93. The van der Waals surface area contributed by atoms with E-state index in [1.54, 1.807) is 30.4 Å². The Bertz CT molecular complexity index is 190. The number of hydrogen-bond donors (Lipinski definition) is 2. The van der Waals surface area contributed by atoms with Crippen molar-refractivity contribution in [2.45, 2.75) is 0 Å². The standard InChI is InChI=1S/C10H14O2/c1-2-10(7-9-12)6-4-3-5-8-11/h2-7,9-12H,1,8H2. The van der Waals surface area contributed by atoms with Gasteiger partial charge in [0, 0.05) is 5.92 Å². The molecule has 12 heavy (non-hydrogen) atoms. The smallest absolute Gasteiger partial charge is 0.0760 e. The molecule has 0 rings (SSSR count). The molecule has 0 bridgehead atoms. The minimum atomic E-state index is 0.0401. The minimum Gasteiger partial charge on any atom is -0.516 e. The quantitative estimate of drug-likeness (QED) is 0.372. The van der Waals surface area contributed by atoms with Crippen molar-refractivity contribution >= 4 is 0 Å². The van der Waals surface area contributed by atoms with Crippen molar-refractivity contribution < 1.29 is 10.2 Å². The van der Waals surface area contributed by atoms with Crippen molar-refractivity contribution in [3.8, 4) is 0 Å². The van der Waals surface area contributed by atoms with E-state index in [1.807, 2.05) is 6.08 Å². The van der Waals surface area contributed by atoms with E-state index < -0.39 is 0 Å². The van der Waals surface area contributed by atoms with Crippen LogP contribution in [0.2, 0.25) is 0 Å². The Hall–Kier alpha value is -1.28. The molecule has 0 aromatic heterocycles. The minimum absolute atomic E-state index is 0.0401. The van der Waals surface area contributed by atoms with E-state index in [9.17, 15) is 0 Å². The average molecular weight is 166 g/mol. The summed E-state index contributed by atoms with van der Waals surface area (Å²) in [7, 11) is 0. The molecule has 1 unspecified atom stereocenters. The number of hydrogen-bond acceptors (Lipinski definition) is 2. The van der Waals surface area contributed by atoms with E-state index in [2.05, 4.69) is 6.58 Å². The van der Waals surface area contributed by atoms with Gasteiger partial charge in [0.25, 0.3) is 0 Å². The lowest BCUT2D eigenvalue weighted by atomic mass is 10.1. The van der Waals surface area contributed by atoms with Gasteiger partial charge in [0.05, 0.1) is 12.9 Å². The molecular weight excluding hydrogens is 152 g/mol. The molecule has 0 spiro atoms. The molecule has 0 aliphatic rings. The van der Waals surface area contributed by atoms with E-state index in [-0.39, 0.29) is 12.5 Å². The van der Waals surface area contributed by atoms with Gasteiger partial charge in [-0.25, -0.2) is 0 Å². The largest absolute Gasteiger partial charge is 0.516 e. The summed E-state index contributed by atoms with van der Waals surface area (Å²) in [6.07, 6.45) is 11.3. The summed E-state index contributed by atoms with van der Waals surface area (Å²) >= 11 is 0. The second kappa shape index (κ2) is 7.82. The van der Waals surface area contributed by atoms with Crippen molar-refractivity contribution in [3.05, 3.63) is 49.3 Å². The summed E-state index contributed by atoms with van der Waals surface area (Å²) in [5, 5.41) is 16.8. The molecule has 1 atom stereocenters. The highest BCUT2D eigenvalue weighted by molar-refractivity contribution is 5.12. The topological polar surface area (TPSA) is 40.5 Å². The molecule has 2 heteroatoms. The predicted octanol–water partition coefficient (Wildman–Crippen LogP) is 1.97. The fourth-order valence-corrected chi connectivity index (χ4v) is 0.653. The van der Waals surface area contributed by atoms with Gasteiger partial charge in [0.1, 0.15) is 0 Å². The SMILES string of the molecule is C=CC(C=CO)C=CC=CCO. The third-order valence-electron chi connectivity index (χ3n) is 1.27. The summed E-state index contributed by atoms with van der Waals surface area (Å²) in [5.74, 6) is 0.0401. The van der Waals surface area contributed by atoms with Crippen LogP contribution in [0.3, 0.4) is 0 Å². The third-order valence-corrected chi connectivity index (χ3v) is 1.27. The molecule has 0 radical (unpaired) electrons. The fourth-order valence-electron chi connectivity index (χ4n) is 0.653. The summed E-state index contributed by atoms with van der Waals surface area (Å²) < 4.78 is 0. The number of aliphatic hydroxyl groups is 2. The molecule has 0 amide bonds. The van der Waals surface area contributed by atoms with Crippen LogP contribution >= 0.6 is 0 Å². The van der Waals surface area contributed by atoms with Crippen LogP contribution in [0.25, 0.3) is 0 Å². The summed E-state index contributed by atoms with van der Waals surface area (Å²) in [6.45, 7) is 3.63. The first-order chi connectivity index (χ1) is 5.85. The first-order valence-corrected chi connectivity index (χ1v) is 3.72. The molecule has 2 N–H and O–H groups in total. The van der Waals surface area contributed by atoms with E-state index in [1.165, 1.54) is 0 Å². The normalized spacial score (nSPS) is 14.8. The Balaban J connectivity index is 3.92. The van der Waals surface area contributed by atoms with Crippen molar-refractivity contribution in [1.29, 1.82) is 0 Å². The highest BCUT2D eigenvalue weighted by Crippen LogP contribution is 2.01. The van der Waals surface area contributed by atoms with Crippen LogP contribution < -0.4 is 0 Å². The van der Waals surface area contributed by atoms with Crippen LogP contribution in [-0.2, 0) is 0 Å². The van der Waals surface area contributed by atoms with Crippen LogP contribution in [0.5, 0.6) is 0 Å². The van der Waals surface area contributed by atoms with Gasteiger partial charge in [-0.2, -0.15) is 0 Å². The lowest BCUT2D eigenvalue weighted by Crippen LogP contribution is -1.83. The first kappa shape index (κ1) is 10.7. The zero-order valence-electron chi connectivity index (χ0n) is 6.93. The Morgan fingerprint density at radius 1 is 1.25 bits per heavy atom. The summed E-state index contributed by atoms with van der Waals surface area (Å²) in [4.78, 5) is 0. The van der Waals surface area contributed by atoms with E-state index >= 15 is 0 Å². The maximum absolute atomic E-state index is 8.45. The van der Waals surface area contributed by atoms with Gasteiger partial charge in [0.15, 0.2) is 0 Å². The highest BCUT2D eigenvalue weighted by atomic mass is 16.2. The Morgan fingerprint density at radius 3 is 2.50 bits per heavy atom. The molecule has 0 aliphatic heterocycles. The lowest BCUT2D eigenvalue weighted by Gasteiger charge is -1.95. The highest BCUT2D eigenvalue weighted by Gasteiger charge is 1.88. The summed E-state index contributed by atoms with van der Waals surface area (Å²) in [6, 6.07) is 0. The molecular formula is C10H14O2. The summed E-state index contributed by atoms with van der Waals surface area (Å²) in [5.41, 5.74) is 0. The van der Waals surface area contributed by atoms with Crippen LogP contribution in [0, 0.1) is 5.92 Å². The number of aliphatic hydroxyl groups excluding tert-OH is 2. The molecule has 0 fully saturated rings. The van der Waals surface area contributed by atoms with E-state index in [0.29, 0.717) is 0 Å². The van der Waals surface area contributed by atoms with Gasteiger partial charge in [-0.15, -0.1) is 6.58 Å².